The fraction of sp³-hybridized carbons (Fsp3) is 0.429. The molecule has 0 aliphatic rings. The average Bonchev–Trinajstić information content (AvgIpc) is 2.68. The third kappa shape index (κ3) is 5.71. The van der Waals surface area contributed by atoms with Gasteiger partial charge < -0.3 is 4.90 Å². The number of alkyl halides is 3. The molecule has 0 fully saturated rings. The van der Waals surface area contributed by atoms with Crippen LogP contribution in [-0.2, 0) is 6.18 Å². The Kier molecular flexibility index (Phi) is 7.87. The average molecular weight is 413 g/mol. The van der Waals surface area contributed by atoms with Crippen LogP contribution >= 0.6 is 11.6 Å². The van der Waals surface area contributed by atoms with E-state index in [9.17, 15) is 18.0 Å². The first kappa shape index (κ1) is 22.2. The lowest BCUT2D eigenvalue weighted by Gasteiger charge is -2.28. The van der Waals surface area contributed by atoms with E-state index in [1.165, 1.54) is 23.2 Å². The summed E-state index contributed by atoms with van der Waals surface area (Å²) in [5.41, 5.74) is -0.477. The molecule has 0 aliphatic heterocycles. The first-order chi connectivity index (χ1) is 13.3. The highest BCUT2D eigenvalue weighted by atomic mass is 35.5. The molecule has 2 aromatic rings. The Morgan fingerprint density at radius 3 is 2.57 bits per heavy atom. The van der Waals surface area contributed by atoms with Crippen LogP contribution in [-0.4, -0.2) is 17.4 Å². The molecule has 0 aliphatic carbocycles. The molecule has 3 nitrogen and oxygen atoms in total. The summed E-state index contributed by atoms with van der Waals surface area (Å²) in [5, 5.41) is 0.146. The summed E-state index contributed by atoms with van der Waals surface area (Å²) in [6.45, 7) is 4.51. The minimum atomic E-state index is -4.51. The smallest absolute Gasteiger partial charge is 0.305 e. The van der Waals surface area contributed by atoms with Gasteiger partial charge in [0.15, 0.2) is 5.15 Å². The summed E-state index contributed by atoms with van der Waals surface area (Å²) in [7, 11) is 0. The molecule has 1 atom stereocenters. The molecule has 7 heteroatoms. The maximum atomic E-state index is 13.2. The van der Waals surface area contributed by atoms with E-state index in [-0.39, 0.29) is 16.6 Å². The van der Waals surface area contributed by atoms with Crippen molar-refractivity contribution >= 4 is 23.2 Å². The van der Waals surface area contributed by atoms with Gasteiger partial charge in [-0.3, -0.25) is 4.79 Å². The summed E-state index contributed by atoms with van der Waals surface area (Å²) in [6, 6.07) is 7.78. The lowest BCUT2D eigenvalue weighted by molar-refractivity contribution is -0.137. The van der Waals surface area contributed by atoms with Crippen LogP contribution in [0.15, 0.2) is 42.6 Å². The van der Waals surface area contributed by atoms with Crippen molar-refractivity contribution in [3.05, 3.63) is 58.9 Å². The lowest BCUT2D eigenvalue weighted by Crippen LogP contribution is -2.36. The van der Waals surface area contributed by atoms with Crippen molar-refractivity contribution in [1.82, 2.24) is 4.98 Å². The maximum absolute atomic E-state index is 13.2. The molecule has 0 spiro atoms. The number of benzene rings is 1. The molecule has 1 amide bonds. The van der Waals surface area contributed by atoms with Crippen LogP contribution < -0.4 is 4.90 Å². The summed E-state index contributed by atoms with van der Waals surface area (Å²) in [6.07, 6.45) is 0.825. The van der Waals surface area contributed by atoms with Crippen molar-refractivity contribution in [2.75, 3.05) is 11.4 Å². The number of aromatic nitrogens is 1. The van der Waals surface area contributed by atoms with Gasteiger partial charge in [0.25, 0.3) is 5.91 Å². The molecule has 1 aromatic heterocycles. The number of pyridine rings is 1. The second-order valence-electron chi connectivity index (χ2n) is 6.72. The van der Waals surface area contributed by atoms with Crippen LogP contribution in [0.25, 0.3) is 0 Å². The molecule has 0 saturated heterocycles. The predicted octanol–water partition coefficient (Wildman–Crippen LogP) is 6.62. The lowest BCUT2D eigenvalue weighted by atomic mass is 9.98. The highest BCUT2D eigenvalue weighted by molar-refractivity contribution is 6.32. The second-order valence-corrected chi connectivity index (χ2v) is 7.08. The van der Waals surface area contributed by atoms with Crippen LogP contribution in [0.4, 0.5) is 18.9 Å². The zero-order valence-corrected chi connectivity index (χ0v) is 16.7. The zero-order chi connectivity index (χ0) is 20.7. The predicted molar refractivity (Wildman–Crippen MR) is 106 cm³/mol. The minimum absolute atomic E-state index is 0.0277. The number of halogens is 4. The van der Waals surface area contributed by atoms with E-state index in [0.717, 1.165) is 37.8 Å². The Morgan fingerprint density at radius 2 is 1.96 bits per heavy atom. The van der Waals surface area contributed by atoms with E-state index in [1.807, 2.05) is 6.92 Å². The minimum Gasteiger partial charge on any atom is -0.305 e. The maximum Gasteiger partial charge on any atom is 0.416 e. The molecule has 28 heavy (non-hydrogen) atoms. The van der Waals surface area contributed by atoms with Gasteiger partial charge in [-0.2, -0.15) is 13.2 Å². The Morgan fingerprint density at radius 1 is 1.21 bits per heavy atom. The normalized spacial score (nSPS) is 12.6. The molecule has 0 bridgehead atoms. The number of unbranched alkanes of at least 4 members (excludes halogenated alkanes) is 1. The first-order valence-electron chi connectivity index (χ1n) is 9.37. The molecule has 1 unspecified atom stereocenters. The molecule has 0 N–H and O–H groups in total. The van der Waals surface area contributed by atoms with Crippen LogP contribution in [0.1, 0.15) is 55.5 Å². The van der Waals surface area contributed by atoms with Crippen molar-refractivity contribution in [3.8, 4) is 0 Å². The van der Waals surface area contributed by atoms with Gasteiger partial charge >= 0.3 is 6.18 Å². The van der Waals surface area contributed by atoms with Gasteiger partial charge in [0.2, 0.25) is 0 Å². The third-order valence-corrected chi connectivity index (χ3v) is 4.99. The van der Waals surface area contributed by atoms with Crippen molar-refractivity contribution in [2.45, 2.75) is 45.7 Å². The van der Waals surface area contributed by atoms with Crippen LogP contribution in [0.5, 0.6) is 0 Å². The van der Waals surface area contributed by atoms with Gasteiger partial charge in [0.1, 0.15) is 0 Å². The monoisotopic (exact) mass is 412 g/mol. The first-order valence-corrected chi connectivity index (χ1v) is 9.75. The quantitative estimate of drug-likeness (QED) is 0.456. The Labute approximate surface area is 168 Å². The van der Waals surface area contributed by atoms with Gasteiger partial charge in [0.05, 0.1) is 11.3 Å². The molecule has 1 heterocycles. The van der Waals surface area contributed by atoms with Gasteiger partial charge in [-0.15, -0.1) is 0 Å². The summed E-state index contributed by atoms with van der Waals surface area (Å²) >= 11 is 6.20. The summed E-state index contributed by atoms with van der Waals surface area (Å²) < 4.78 is 39.2. The fourth-order valence-corrected chi connectivity index (χ4v) is 3.25. The van der Waals surface area contributed by atoms with Crippen molar-refractivity contribution in [2.24, 2.45) is 5.92 Å². The van der Waals surface area contributed by atoms with Crippen LogP contribution in [0, 0.1) is 5.92 Å². The summed E-state index contributed by atoms with van der Waals surface area (Å²) in [5.74, 6) is -0.304. The number of nitrogens with zero attached hydrogens (tertiary/aromatic N) is 2. The number of hydrogen-bond acceptors (Lipinski definition) is 2. The topological polar surface area (TPSA) is 33.2 Å². The number of anilines is 1. The third-order valence-electron chi connectivity index (χ3n) is 4.70. The van der Waals surface area contributed by atoms with Crippen molar-refractivity contribution in [3.63, 3.8) is 0 Å². The molecular weight excluding hydrogens is 389 g/mol. The van der Waals surface area contributed by atoms with E-state index in [2.05, 4.69) is 11.9 Å². The zero-order valence-electron chi connectivity index (χ0n) is 16.0. The number of amides is 1. The number of carbonyl (C=O) groups is 1. The Balaban J connectivity index is 2.41. The standard InChI is InChI=1S/C21H24ClF3N2O/c1-3-5-8-15(4-2)14-27(18-11-7-12-26-19(18)22)20(28)16-9-6-10-17(13-16)21(23,24)25/h6-7,9-13,15H,3-5,8,14H2,1-2H3. The number of rotatable bonds is 8. The van der Waals surface area contributed by atoms with Gasteiger partial charge in [-0.1, -0.05) is 50.8 Å². The van der Waals surface area contributed by atoms with Gasteiger partial charge in [-0.25, -0.2) is 4.98 Å². The van der Waals surface area contributed by atoms with Crippen molar-refractivity contribution < 1.29 is 18.0 Å². The molecule has 0 radical (unpaired) electrons. The Hall–Kier alpha value is -2.08. The SMILES string of the molecule is CCCCC(CC)CN(C(=O)c1cccc(C(F)(F)F)c1)c1cccnc1Cl. The fourth-order valence-electron chi connectivity index (χ4n) is 3.03. The Bertz CT molecular complexity index is 795. The van der Waals surface area contributed by atoms with Gasteiger partial charge in [0, 0.05) is 18.3 Å². The van der Waals surface area contributed by atoms with Crippen LogP contribution in [0.2, 0.25) is 5.15 Å². The largest absolute Gasteiger partial charge is 0.416 e. The molecule has 0 saturated carbocycles. The van der Waals surface area contributed by atoms with E-state index in [4.69, 9.17) is 11.6 Å². The highest BCUT2D eigenvalue weighted by Gasteiger charge is 2.32. The molecule has 152 valence electrons. The number of carbonyl (C=O) groups excluding carboxylic acids is 1. The van der Waals surface area contributed by atoms with Gasteiger partial charge in [-0.05, 0) is 42.7 Å². The second kappa shape index (κ2) is 9.92. The highest BCUT2D eigenvalue weighted by Crippen LogP contribution is 2.31. The molecular formula is C21H24ClF3N2O. The molecule has 1 aromatic carbocycles. The van der Waals surface area contributed by atoms with E-state index < -0.39 is 17.6 Å². The van der Waals surface area contributed by atoms with E-state index >= 15 is 0 Å². The number of hydrogen-bond donors (Lipinski definition) is 0. The van der Waals surface area contributed by atoms with Crippen molar-refractivity contribution in [1.29, 1.82) is 0 Å². The molecule has 2 rings (SSSR count). The summed E-state index contributed by atoms with van der Waals surface area (Å²) in [4.78, 5) is 18.6. The van der Waals surface area contributed by atoms with E-state index in [1.54, 1.807) is 12.1 Å². The van der Waals surface area contributed by atoms with Crippen LogP contribution in [0.3, 0.4) is 0 Å². The van der Waals surface area contributed by atoms with E-state index in [0.29, 0.717) is 12.2 Å².